The van der Waals surface area contributed by atoms with Crippen LogP contribution >= 0.6 is 0 Å². The fourth-order valence-electron chi connectivity index (χ4n) is 3.42. The van der Waals surface area contributed by atoms with Crippen LogP contribution in [0.25, 0.3) is 0 Å². The van der Waals surface area contributed by atoms with Gasteiger partial charge < -0.3 is 5.32 Å². The zero-order chi connectivity index (χ0) is 14.5. The van der Waals surface area contributed by atoms with Crippen LogP contribution in [0.1, 0.15) is 73.6 Å². The quantitative estimate of drug-likeness (QED) is 0.749. The van der Waals surface area contributed by atoms with Crippen molar-refractivity contribution in [3.05, 3.63) is 0 Å². The van der Waals surface area contributed by atoms with Crippen molar-refractivity contribution in [3.63, 3.8) is 0 Å². The van der Waals surface area contributed by atoms with Gasteiger partial charge in [-0.1, -0.05) is 41.0 Å². The summed E-state index contributed by atoms with van der Waals surface area (Å²) in [7, 11) is 0. The van der Waals surface area contributed by atoms with Gasteiger partial charge >= 0.3 is 0 Å². The SMILES string of the molecule is CCCC(C)CN1CC(CC)(CC)NCC1(C)CC. The second-order valence-electron chi connectivity index (χ2n) is 6.97. The Morgan fingerprint density at radius 1 is 1.11 bits per heavy atom. The van der Waals surface area contributed by atoms with Crippen LogP contribution in [0.2, 0.25) is 0 Å². The molecule has 0 saturated carbocycles. The van der Waals surface area contributed by atoms with Gasteiger partial charge in [-0.15, -0.1) is 0 Å². The maximum atomic E-state index is 3.87. The van der Waals surface area contributed by atoms with Crippen LogP contribution in [0.3, 0.4) is 0 Å². The Labute approximate surface area is 121 Å². The lowest BCUT2D eigenvalue weighted by Crippen LogP contribution is -2.69. The molecule has 1 N–H and O–H groups in total. The molecule has 2 unspecified atom stereocenters. The summed E-state index contributed by atoms with van der Waals surface area (Å²) in [5, 5.41) is 3.87. The minimum absolute atomic E-state index is 0.343. The largest absolute Gasteiger partial charge is 0.308 e. The van der Waals surface area contributed by atoms with Crippen molar-refractivity contribution in [1.82, 2.24) is 10.2 Å². The molecule has 0 aromatic heterocycles. The van der Waals surface area contributed by atoms with E-state index in [9.17, 15) is 0 Å². The summed E-state index contributed by atoms with van der Waals surface area (Å²) in [5.41, 5.74) is 0.691. The molecule has 0 amide bonds. The molecule has 1 rings (SSSR count). The average molecular weight is 268 g/mol. The number of piperazine rings is 1. The normalized spacial score (nSPS) is 29.4. The highest BCUT2D eigenvalue weighted by Crippen LogP contribution is 2.31. The summed E-state index contributed by atoms with van der Waals surface area (Å²) in [6.07, 6.45) is 6.38. The van der Waals surface area contributed by atoms with Crippen molar-refractivity contribution < 1.29 is 0 Å². The van der Waals surface area contributed by atoms with E-state index in [0.717, 1.165) is 12.5 Å². The van der Waals surface area contributed by atoms with Crippen LogP contribution < -0.4 is 5.32 Å². The Kier molecular flexibility index (Phi) is 6.32. The number of nitrogens with one attached hydrogen (secondary N) is 1. The maximum absolute atomic E-state index is 3.87. The standard InChI is InChI=1S/C17H36N2/c1-7-11-15(5)12-19-14-17(9-3,10-4)18-13-16(19,6)8-2/h15,18H,7-14H2,1-6H3. The molecule has 1 saturated heterocycles. The summed E-state index contributed by atoms with van der Waals surface area (Å²) in [4.78, 5) is 2.79. The highest BCUT2D eigenvalue weighted by molar-refractivity contribution is 5.02. The average Bonchev–Trinajstić information content (AvgIpc) is 2.42. The van der Waals surface area contributed by atoms with Crippen molar-refractivity contribution in [1.29, 1.82) is 0 Å². The van der Waals surface area contributed by atoms with Crippen molar-refractivity contribution >= 4 is 0 Å². The Bertz CT molecular complexity index is 260. The summed E-state index contributed by atoms with van der Waals surface area (Å²) < 4.78 is 0. The van der Waals surface area contributed by atoms with Gasteiger partial charge in [0.05, 0.1) is 0 Å². The van der Waals surface area contributed by atoms with Gasteiger partial charge in [0, 0.05) is 30.7 Å². The molecule has 1 fully saturated rings. The molecule has 2 heteroatoms. The predicted molar refractivity (Wildman–Crippen MR) is 85.7 cm³/mol. The van der Waals surface area contributed by atoms with E-state index in [0.29, 0.717) is 11.1 Å². The van der Waals surface area contributed by atoms with Gasteiger partial charge in [-0.3, -0.25) is 4.90 Å². The molecule has 0 spiro atoms. The molecule has 19 heavy (non-hydrogen) atoms. The van der Waals surface area contributed by atoms with Crippen molar-refractivity contribution in [2.45, 2.75) is 84.7 Å². The maximum Gasteiger partial charge on any atom is 0.0304 e. The van der Waals surface area contributed by atoms with Gasteiger partial charge in [-0.25, -0.2) is 0 Å². The Hall–Kier alpha value is -0.0800. The van der Waals surface area contributed by atoms with Gasteiger partial charge in [0.1, 0.15) is 0 Å². The second-order valence-corrected chi connectivity index (χ2v) is 6.97. The minimum Gasteiger partial charge on any atom is -0.308 e. The Balaban J connectivity index is 2.79. The minimum atomic E-state index is 0.343. The fraction of sp³-hybridized carbons (Fsp3) is 1.00. The fourth-order valence-corrected chi connectivity index (χ4v) is 3.42. The zero-order valence-electron chi connectivity index (χ0n) is 14.2. The third kappa shape index (κ3) is 3.95. The highest BCUT2D eigenvalue weighted by Gasteiger charge is 2.42. The van der Waals surface area contributed by atoms with Crippen molar-refractivity contribution in [2.75, 3.05) is 19.6 Å². The van der Waals surface area contributed by atoms with Crippen LogP contribution in [-0.4, -0.2) is 35.6 Å². The second kappa shape index (κ2) is 7.08. The number of rotatable bonds is 7. The van der Waals surface area contributed by atoms with Gasteiger partial charge in [-0.2, -0.15) is 0 Å². The molecule has 0 aromatic rings. The van der Waals surface area contributed by atoms with Crippen LogP contribution in [0.15, 0.2) is 0 Å². The van der Waals surface area contributed by atoms with Crippen LogP contribution in [0.4, 0.5) is 0 Å². The highest BCUT2D eigenvalue weighted by atomic mass is 15.3. The number of hydrogen-bond donors (Lipinski definition) is 1. The Morgan fingerprint density at radius 3 is 2.21 bits per heavy atom. The summed E-state index contributed by atoms with van der Waals surface area (Å²) in [6.45, 7) is 17.8. The lowest BCUT2D eigenvalue weighted by molar-refractivity contribution is -0.000924. The smallest absolute Gasteiger partial charge is 0.0304 e. The molecule has 0 radical (unpaired) electrons. The molecule has 114 valence electrons. The molecule has 2 atom stereocenters. The summed E-state index contributed by atoms with van der Waals surface area (Å²) in [6, 6.07) is 0. The van der Waals surface area contributed by atoms with Crippen LogP contribution in [0.5, 0.6) is 0 Å². The first kappa shape index (κ1) is 17.0. The number of nitrogens with zero attached hydrogens (tertiary/aromatic N) is 1. The van der Waals surface area contributed by atoms with Crippen molar-refractivity contribution in [2.24, 2.45) is 5.92 Å². The molecule has 1 aliphatic rings. The zero-order valence-corrected chi connectivity index (χ0v) is 14.2. The van der Waals surface area contributed by atoms with Gasteiger partial charge in [-0.05, 0) is 38.5 Å². The molecule has 2 nitrogen and oxygen atoms in total. The lowest BCUT2D eigenvalue weighted by Gasteiger charge is -2.54. The molecule has 1 heterocycles. The van der Waals surface area contributed by atoms with E-state index in [1.165, 1.54) is 45.2 Å². The molecular weight excluding hydrogens is 232 g/mol. The summed E-state index contributed by atoms with van der Waals surface area (Å²) >= 11 is 0. The third-order valence-electron chi connectivity index (χ3n) is 5.53. The van der Waals surface area contributed by atoms with Crippen molar-refractivity contribution in [3.8, 4) is 0 Å². The first-order chi connectivity index (χ1) is 8.95. The van der Waals surface area contributed by atoms with E-state index >= 15 is 0 Å². The van der Waals surface area contributed by atoms with E-state index in [4.69, 9.17) is 0 Å². The van der Waals surface area contributed by atoms with E-state index < -0.39 is 0 Å². The van der Waals surface area contributed by atoms with Gasteiger partial charge in [0.25, 0.3) is 0 Å². The first-order valence-electron chi connectivity index (χ1n) is 8.45. The van der Waals surface area contributed by atoms with E-state index in [2.05, 4.69) is 51.8 Å². The predicted octanol–water partition coefficient (Wildman–Crippen LogP) is 4.06. The molecule has 0 aliphatic carbocycles. The molecule has 0 aromatic carbocycles. The van der Waals surface area contributed by atoms with E-state index in [1.807, 2.05) is 0 Å². The van der Waals surface area contributed by atoms with E-state index in [1.54, 1.807) is 0 Å². The lowest BCUT2D eigenvalue weighted by atomic mass is 9.82. The summed E-state index contributed by atoms with van der Waals surface area (Å²) in [5.74, 6) is 0.820. The van der Waals surface area contributed by atoms with Gasteiger partial charge in [0.15, 0.2) is 0 Å². The first-order valence-corrected chi connectivity index (χ1v) is 8.45. The van der Waals surface area contributed by atoms with E-state index in [-0.39, 0.29) is 0 Å². The monoisotopic (exact) mass is 268 g/mol. The molecular formula is C17H36N2. The van der Waals surface area contributed by atoms with Crippen LogP contribution in [-0.2, 0) is 0 Å². The molecule has 1 aliphatic heterocycles. The van der Waals surface area contributed by atoms with Gasteiger partial charge in [0.2, 0.25) is 0 Å². The topological polar surface area (TPSA) is 15.3 Å². The molecule has 0 bridgehead atoms. The number of hydrogen-bond acceptors (Lipinski definition) is 2. The van der Waals surface area contributed by atoms with Crippen LogP contribution in [0, 0.1) is 5.92 Å². The third-order valence-corrected chi connectivity index (χ3v) is 5.53. The Morgan fingerprint density at radius 2 is 1.74 bits per heavy atom.